The molecule has 0 radical (unpaired) electrons. The average Bonchev–Trinajstić information content (AvgIpc) is 3.25. The molecule has 0 saturated carbocycles. The molecule has 0 aliphatic rings. The van der Waals surface area contributed by atoms with Gasteiger partial charge in [-0.25, -0.2) is 9.78 Å². The van der Waals surface area contributed by atoms with Crippen LogP contribution in [0.25, 0.3) is 10.6 Å². The van der Waals surface area contributed by atoms with E-state index in [1.807, 2.05) is 22.2 Å². The van der Waals surface area contributed by atoms with Crippen LogP contribution in [0.4, 0.5) is 5.69 Å². The fourth-order valence-electron chi connectivity index (χ4n) is 2.12. The molecule has 2 heterocycles. The van der Waals surface area contributed by atoms with Gasteiger partial charge in [-0.2, -0.15) is 11.3 Å². The number of ether oxygens (including phenoxy) is 1. The minimum Gasteiger partial charge on any atom is -0.465 e. The molecular weight excluding hydrogens is 344 g/mol. The fourth-order valence-corrected chi connectivity index (χ4v) is 3.65. The molecule has 122 valence electrons. The van der Waals surface area contributed by atoms with E-state index < -0.39 is 5.97 Å². The summed E-state index contributed by atoms with van der Waals surface area (Å²) in [5, 5.41) is 9.60. The first kappa shape index (κ1) is 16.4. The Morgan fingerprint density at radius 2 is 2.12 bits per heavy atom. The van der Waals surface area contributed by atoms with Crippen molar-refractivity contribution < 1.29 is 14.3 Å². The zero-order valence-electron chi connectivity index (χ0n) is 12.8. The predicted molar refractivity (Wildman–Crippen MR) is 95.5 cm³/mol. The molecule has 1 aromatic carbocycles. The number of thiazole rings is 1. The van der Waals surface area contributed by atoms with Gasteiger partial charge in [0.15, 0.2) is 0 Å². The van der Waals surface area contributed by atoms with Gasteiger partial charge in [-0.1, -0.05) is 6.07 Å². The second-order valence-electron chi connectivity index (χ2n) is 4.95. The monoisotopic (exact) mass is 358 g/mol. The van der Waals surface area contributed by atoms with E-state index >= 15 is 0 Å². The van der Waals surface area contributed by atoms with Gasteiger partial charge in [-0.05, 0) is 29.6 Å². The largest absolute Gasteiger partial charge is 0.465 e. The van der Waals surface area contributed by atoms with E-state index in [1.165, 1.54) is 18.4 Å². The van der Waals surface area contributed by atoms with Gasteiger partial charge in [0.25, 0.3) is 0 Å². The highest BCUT2D eigenvalue weighted by Crippen LogP contribution is 2.26. The Morgan fingerprint density at radius 1 is 1.25 bits per heavy atom. The zero-order chi connectivity index (χ0) is 16.9. The lowest BCUT2D eigenvalue weighted by atomic mass is 10.2. The third-order valence-electron chi connectivity index (χ3n) is 3.23. The number of carbonyl (C=O) groups is 2. The Bertz CT molecular complexity index is 856. The lowest BCUT2D eigenvalue weighted by Gasteiger charge is -2.06. The van der Waals surface area contributed by atoms with Crippen molar-refractivity contribution in [2.24, 2.45) is 0 Å². The Hall–Kier alpha value is -2.51. The maximum absolute atomic E-state index is 12.2. The highest BCUT2D eigenvalue weighted by Gasteiger charge is 2.11. The average molecular weight is 358 g/mol. The van der Waals surface area contributed by atoms with Gasteiger partial charge in [0.1, 0.15) is 5.01 Å². The number of thiophene rings is 1. The van der Waals surface area contributed by atoms with Gasteiger partial charge in [0.2, 0.25) is 5.91 Å². The summed E-state index contributed by atoms with van der Waals surface area (Å²) >= 11 is 3.13. The topological polar surface area (TPSA) is 68.3 Å². The second kappa shape index (κ2) is 7.37. The van der Waals surface area contributed by atoms with Crippen LogP contribution in [0.15, 0.2) is 46.5 Å². The zero-order valence-corrected chi connectivity index (χ0v) is 14.4. The van der Waals surface area contributed by atoms with Gasteiger partial charge in [-0.3, -0.25) is 4.79 Å². The van der Waals surface area contributed by atoms with Crippen LogP contribution in [0.5, 0.6) is 0 Å². The predicted octanol–water partition coefficient (Wildman–Crippen LogP) is 3.84. The molecule has 0 bridgehead atoms. The van der Waals surface area contributed by atoms with Crippen LogP contribution in [0.3, 0.4) is 0 Å². The van der Waals surface area contributed by atoms with Crippen molar-refractivity contribution in [1.29, 1.82) is 0 Å². The minimum absolute atomic E-state index is 0.181. The molecule has 0 aliphatic heterocycles. The molecule has 0 aliphatic carbocycles. The van der Waals surface area contributed by atoms with Crippen molar-refractivity contribution in [3.63, 3.8) is 0 Å². The van der Waals surface area contributed by atoms with Gasteiger partial charge in [0.05, 0.1) is 24.8 Å². The molecule has 24 heavy (non-hydrogen) atoms. The number of hydrogen-bond acceptors (Lipinski definition) is 6. The molecule has 2 aromatic heterocycles. The highest BCUT2D eigenvalue weighted by atomic mass is 32.1. The first-order valence-electron chi connectivity index (χ1n) is 7.11. The highest BCUT2D eigenvalue weighted by molar-refractivity contribution is 7.14. The van der Waals surface area contributed by atoms with Crippen LogP contribution in [-0.4, -0.2) is 24.0 Å². The standard InChI is InChI=1S/C17H14N2O3S2/c1-22-17(21)11-3-2-4-13(7-11)18-15(20)8-14-10-24-16(19-14)12-5-6-23-9-12/h2-7,9-10H,8H2,1H3,(H,18,20). The third kappa shape index (κ3) is 3.87. The van der Waals surface area contributed by atoms with E-state index in [2.05, 4.69) is 15.0 Å². The first-order valence-corrected chi connectivity index (χ1v) is 8.93. The van der Waals surface area contributed by atoms with Crippen molar-refractivity contribution in [3.8, 4) is 10.6 Å². The van der Waals surface area contributed by atoms with Crippen LogP contribution in [0, 0.1) is 0 Å². The lowest BCUT2D eigenvalue weighted by Crippen LogP contribution is -2.15. The summed E-state index contributed by atoms with van der Waals surface area (Å²) in [6.07, 6.45) is 0.184. The Labute approximate surface area is 146 Å². The van der Waals surface area contributed by atoms with E-state index in [4.69, 9.17) is 0 Å². The van der Waals surface area contributed by atoms with Crippen LogP contribution in [-0.2, 0) is 16.0 Å². The maximum Gasteiger partial charge on any atom is 0.337 e. The summed E-state index contributed by atoms with van der Waals surface area (Å²) in [6, 6.07) is 8.64. The summed E-state index contributed by atoms with van der Waals surface area (Å²) in [5.74, 6) is -0.620. The number of esters is 1. The van der Waals surface area contributed by atoms with Crippen molar-refractivity contribution in [1.82, 2.24) is 4.98 Å². The molecule has 0 spiro atoms. The number of aromatic nitrogens is 1. The summed E-state index contributed by atoms with van der Waals surface area (Å²) in [7, 11) is 1.32. The first-order chi connectivity index (χ1) is 11.7. The normalized spacial score (nSPS) is 10.4. The summed E-state index contributed by atoms with van der Waals surface area (Å²) in [6.45, 7) is 0. The molecule has 5 nitrogen and oxygen atoms in total. The van der Waals surface area contributed by atoms with E-state index in [1.54, 1.807) is 35.6 Å². The third-order valence-corrected chi connectivity index (χ3v) is 4.85. The van der Waals surface area contributed by atoms with Crippen molar-refractivity contribution >= 4 is 40.2 Å². The minimum atomic E-state index is -0.439. The van der Waals surface area contributed by atoms with E-state index in [0.717, 1.165) is 16.3 Å². The van der Waals surface area contributed by atoms with Gasteiger partial charge in [0, 0.05) is 22.0 Å². The molecular formula is C17H14N2O3S2. The molecule has 1 amide bonds. The number of methoxy groups -OCH3 is 1. The van der Waals surface area contributed by atoms with Crippen molar-refractivity contribution in [2.75, 3.05) is 12.4 Å². The van der Waals surface area contributed by atoms with Gasteiger partial charge >= 0.3 is 5.97 Å². The summed E-state index contributed by atoms with van der Waals surface area (Å²) in [4.78, 5) is 28.2. The summed E-state index contributed by atoms with van der Waals surface area (Å²) in [5.41, 5.74) is 2.74. The van der Waals surface area contributed by atoms with Crippen molar-refractivity contribution in [3.05, 3.63) is 57.7 Å². The fraction of sp³-hybridized carbons (Fsp3) is 0.118. The van der Waals surface area contributed by atoms with Crippen LogP contribution < -0.4 is 5.32 Å². The molecule has 3 aromatic rings. The quantitative estimate of drug-likeness (QED) is 0.704. The number of anilines is 1. The lowest BCUT2D eigenvalue weighted by molar-refractivity contribution is -0.115. The number of rotatable bonds is 5. The Balaban J connectivity index is 1.65. The Kier molecular flexibility index (Phi) is 5.02. The van der Waals surface area contributed by atoms with E-state index in [-0.39, 0.29) is 12.3 Å². The van der Waals surface area contributed by atoms with E-state index in [0.29, 0.717) is 11.3 Å². The molecule has 0 saturated heterocycles. The number of amides is 1. The molecule has 0 unspecified atom stereocenters. The summed E-state index contributed by atoms with van der Waals surface area (Å²) < 4.78 is 4.67. The molecule has 3 rings (SSSR count). The molecule has 0 fully saturated rings. The smallest absolute Gasteiger partial charge is 0.337 e. The number of hydrogen-bond donors (Lipinski definition) is 1. The molecule has 0 atom stereocenters. The second-order valence-corrected chi connectivity index (χ2v) is 6.59. The molecule has 1 N–H and O–H groups in total. The SMILES string of the molecule is COC(=O)c1cccc(NC(=O)Cc2csc(-c3ccsc3)n2)c1. The maximum atomic E-state index is 12.2. The Morgan fingerprint density at radius 3 is 2.88 bits per heavy atom. The van der Waals surface area contributed by atoms with Crippen LogP contribution in [0.1, 0.15) is 16.1 Å². The number of benzene rings is 1. The van der Waals surface area contributed by atoms with Crippen LogP contribution >= 0.6 is 22.7 Å². The van der Waals surface area contributed by atoms with Crippen molar-refractivity contribution in [2.45, 2.75) is 6.42 Å². The number of carbonyl (C=O) groups excluding carboxylic acids is 2. The number of nitrogens with zero attached hydrogens (tertiary/aromatic N) is 1. The van der Waals surface area contributed by atoms with E-state index in [9.17, 15) is 9.59 Å². The number of nitrogens with one attached hydrogen (secondary N) is 1. The molecule has 7 heteroatoms. The van der Waals surface area contributed by atoms with Crippen LogP contribution in [0.2, 0.25) is 0 Å². The van der Waals surface area contributed by atoms with Gasteiger partial charge in [-0.15, -0.1) is 11.3 Å². The van der Waals surface area contributed by atoms with Gasteiger partial charge < -0.3 is 10.1 Å².